The molecule has 0 atom stereocenters. The molecule has 3 aromatic heterocycles. The van der Waals surface area contributed by atoms with E-state index in [2.05, 4.69) is 36.2 Å². The fourth-order valence-electron chi connectivity index (χ4n) is 6.70. The summed E-state index contributed by atoms with van der Waals surface area (Å²) in [7, 11) is 3.26. The van der Waals surface area contributed by atoms with Crippen LogP contribution in [0.1, 0.15) is 112 Å². The molecule has 0 unspecified atom stereocenters. The zero-order valence-corrected chi connectivity index (χ0v) is 29.5. The Hall–Kier alpha value is -4.55. The van der Waals surface area contributed by atoms with E-state index in [1.807, 2.05) is 6.92 Å². The molecule has 49 heavy (non-hydrogen) atoms. The third-order valence-corrected chi connectivity index (χ3v) is 9.07. The van der Waals surface area contributed by atoms with Crippen molar-refractivity contribution in [2.75, 3.05) is 19.4 Å². The number of anilines is 1. The zero-order valence-electron chi connectivity index (χ0n) is 29.5. The van der Waals surface area contributed by atoms with E-state index in [4.69, 9.17) is 4.98 Å². The van der Waals surface area contributed by atoms with Gasteiger partial charge in [0, 0.05) is 48.2 Å². The molecule has 2 amide bonds. The SMILES string of the molecule is CCCC(CC)(CCC)c1c(CC)n(CC(=O)Nc2ccc(C(F)(F)F)cc2C(C)C)c2nc(-c3ccc(C(=O)N(C)C)nc3)nn2c1=O. The minimum absolute atomic E-state index is 0.152. The molecule has 1 aromatic carbocycles. The van der Waals surface area contributed by atoms with Gasteiger partial charge in [-0.1, -0.05) is 54.4 Å². The Balaban J connectivity index is 1.92. The van der Waals surface area contributed by atoms with Gasteiger partial charge in [0.25, 0.3) is 11.5 Å². The summed E-state index contributed by atoms with van der Waals surface area (Å²) in [5, 5.41) is 7.44. The van der Waals surface area contributed by atoms with Crippen molar-refractivity contribution in [3.63, 3.8) is 0 Å². The second-order valence-electron chi connectivity index (χ2n) is 13.0. The summed E-state index contributed by atoms with van der Waals surface area (Å²) in [5.41, 5.74) is 1.04. The zero-order chi connectivity index (χ0) is 36.3. The Morgan fingerprint density at radius 3 is 2.18 bits per heavy atom. The number of fused-ring (bicyclic) bond motifs is 1. The number of rotatable bonds is 13. The first-order valence-corrected chi connectivity index (χ1v) is 16.8. The smallest absolute Gasteiger partial charge is 0.343 e. The number of pyridine rings is 1. The van der Waals surface area contributed by atoms with Crippen LogP contribution in [-0.4, -0.2) is 55.0 Å². The highest BCUT2D eigenvalue weighted by Gasteiger charge is 2.37. The molecule has 0 spiro atoms. The lowest BCUT2D eigenvalue weighted by molar-refractivity contribution is -0.137. The molecule has 0 radical (unpaired) electrons. The molecule has 0 fully saturated rings. The lowest BCUT2D eigenvalue weighted by Gasteiger charge is -2.35. The number of hydrogen-bond acceptors (Lipinski definition) is 6. The number of nitrogens with zero attached hydrogens (tertiary/aromatic N) is 6. The predicted molar refractivity (Wildman–Crippen MR) is 184 cm³/mol. The third kappa shape index (κ3) is 7.55. The molecule has 264 valence electrons. The molecule has 0 bridgehead atoms. The van der Waals surface area contributed by atoms with Gasteiger partial charge in [0.1, 0.15) is 12.2 Å². The van der Waals surface area contributed by atoms with E-state index in [0.29, 0.717) is 35.2 Å². The van der Waals surface area contributed by atoms with Crippen LogP contribution < -0.4 is 10.9 Å². The summed E-state index contributed by atoms with van der Waals surface area (Å²) in [6.45, 7) is 11.4. The Kier molecular flexibility index (Phi) is 11.3. The maximum atomic E-state index is 14.5. The van der Waals surface area contributed by atoms with Gasteiger partial charge in [-0.3, -0.25) is 19.4 Å². The highest BCUT2D eigenvalue weighted by atomic mass is 19.4. The normalized spacial score (nSPS) is 12.2. The summed E-state index contributed by atoms with van der Waals surface area (Å²) < 4.78 is 43.5. The topological polar surface area (TPSA) is 114 Å². The van der Waals surface area contributed by atoms with Crippen molar-refractivity contribution >= 4 is 23.3 Å². The quantitative estimate of drug-likeness (QED) is 0.159. The number of aromatic nitrogens is 5. The fourth-order valence-corrected chi connectivity index (χ4v) is 6.70. The molecule has 0 saturated heterocycles. The lowest BCUT2D eigenvalue weighted by Crippen LogP contribution is -2.39. The van der Waals surface area contributed by atoms with Gasteiger partial charge in [-0.2, -0.15) is 22.7 Å². The van der Waals surface area contributed by atoms with Crippen LogP contribution in [0.3, 0.4) is 0 Å². The van der Waals surface area contributed by atoms with Gasteiger partial charge >= 0.3 is 6.18 Å². The van der Waals surface area contributed by atoms with Gasteiger partial charge in [-0.05, 0) is 67.5 Å². The van der Waals surface area contributed by atoms with Crippen molar-refractivity contribution in [2.24, 2.45) is 0 Å². The first-order valence-electron chi connectivity index (χ1n) is 16.8. The van der Waals surface area contributed by atoms with Crippen LogP contribution in [0.25, 0.3) is 17.2 Å². The average molecular weight is 682 g/mol. The average Bonchev–Trinajstić information content (AvgIpc) is 3.51. The molecular weight excluding hydrogens is 635 g/mol. The minimum Gasteiger partial charge on any atom is -0.343 e. The maximum absolute atomic E-state index is 14.5. The molecule has 4 rings (SSSR count). The predicted octanol–water partition coefficient (Wildman–Crippen LogP) is 7.25. The molecule has 3 heterocycles. The van der Waals surface area contributed by atoms with Crippen LogP contribution in [0.2, 0.25) is 0 Å². The van der Waals surface area contributed by atoms with Crippen LogP contribution in [-0.2, 0) is 29.4 Å². The van der Waals surface area contributed by atoms with E-state index in [9.17, 15) is 27.6 Å². The Morgan fingerprint density at radius 2 is 1.67 bits per heavy atom. The van der Waals surface area contributed by atoms with Crippen molar-refractivity contribution in [1.29, 1.82) is 0 Å². The van der Waals surface area contributed by atoms with Crippen LogP contribution >= 0.6 is 0 Å². The highest BCUT2D eigenvalue weighted by molar-refractivity contribution is 5.92. The van der Waals surface area contributed by atoms with E-state index in [1.54, 1.807) is 44.6 Å². The molecular formula is C36H46F3N7O3. The molecule has 1 N–H and O–H groups in total. The number of carbonyl (C=O) groups is 2. The van der Waals surface area contributed by atoms with Gasteiger partial charge in [0.05, 0.1) is 5.56 Å². The third-order valence-electron chi connectivity index (χ3n) is 9.07. The molecule has 0 saturated carbocycles. The second-order valence-corrected chi connectivity index (χ2v) is 13.0. The molecule has 0 aliphatic heterocycles. The number of carbonyl (C=O) groups excluding carboxylic acids is 2. The molecule has 0 aliphatic carbocycles. The summed E-state index contributed by atoms with van der Waals surface area (Å²) in [6, 6.07) is 6.52. The summed E-state index contributed by atoms with van der Waals surface area (Å²) in [4.78, 5) is 51.1. The van der Waals surface area contributed by atoms with E-state index in [1.165, 1.54) is 21.7 Å². The van der Waals surface area contributed by atoms with E-state index in [-0.39, 0.29) is 46.9 Å². The Labute approximate surface area is 284 Å². The van der Waals surface area contributed by atoms with E-state index >= 15 is 0 Å². The van der Waals surface area contributed by atoms with Crippen molar-refractivity contribution in [1.82, 2.24) is 29.0 Å². The van der Waals surface area contributed by atoms with Crippen molar-refractivity contribution in [3.05, 3.63) is 75.0 Å². The minimum atomic E-state index is -4.52. The van der Waals surface area contributed by atoms with Crippen LogP contribution in [0.4, 0.5) is 18.9 Å². The van der Waals surface area contributed by atoms with Crippen LogP contribution in [0.5, 0.6) is 0 Å². The fraction of sp³-hybridized carbons (Fsp3) is 0.500. The number of benzene rings is 1. The molecule has 4 aromatic rings. The Morgan fingerprint density at radius 1 is 1.00 bits per heavy atom. The lowest BCUT2D eigenvalue weighted by atomic mass is 9.71. The van der Waals surface area contributed by atoms with Crippen molar-refractivity contribution in [2.45, 2.75) is 104 Å². The van der Waals surface area contributed by atoms with Gasteiger partial charge in [0.2, 0.25) is 11.7 Å². The van der Waals surface area contributed by atoms with Gasteiger partial charge < -0.3 is 14.8 Å². The maximum Gasteiger partial charge on any atom is 0.416 e. The summed E-state index contributed by atoms with van der Waals surface area (Å²) in [5.74, 6) is -0.708. The first kappa shape index (κ1) is 37.3. The number of alkyl halides is 3. The summed E-state index contributed by atoms with van der Waals surface area (Å²) >= 11 is 0. The number of nitrogens with one attached hydrogen (secondary N) is 1. The van der Waals surface area contributed by atoms with E-state index in [0.717, 1.165) is 37.8 Å². The van der Waals surface area contributed by atoms with Crippen LogP contribution in [0.15, 0.2) is 41.3 Å². The number of hydrogen-bond donors (Lipinski definition) is 1. The summed E-state index contributed by atoms with van der Waals surface area (Å²) in [6.07, 6.45) is 1.27. The van der Waals surface area contributed by atoms with Crippen molar-refractivity contribution < 1.29 is 22.8 Å². The molecule has 10 nitrogen and oxygen atoms in total. The molecule has 0 aliphatic rings. The van der Waals surface area contributed by atoms with Gasteiger partial charge in [-0.15, -0.1) is 5.10 Å². The van der Waals surface area contributed by atoms with E-state index < -0.39 is 23.1 Å². The van der Waals surface area contributed by atoms with Crippen LogP contribution in [0, 0.1) is 0 Å². The second kappa shape index (κ2) is 14.9. The number of amides is 2. The van der Waals surface area contributed by atoms with Crippen molar-refractivity contribution in [3.8, 4) is 11.4 Å². The van der Waals surface area contributed by atoms with Gasteiger partial charge in [0.15, 0.2) is 5.82 Å². The number of halogens is 3. The Bertz CT molecular complexity index is 1870. The standard InChI is InChI=1S/C36H46F3N7O3/c1-9-17-35(12-4,18-10-2)30-28(11-3)45(21-29(47)41-26-16-14-24(36(37,38)39)19-25(26)22(5)6)34-42-31(43-46(34)33(30)49)23-13-15-27(40-20-23)32(48)44(7)8/h13-16,19-20,22H,9-12,17-18,21H2,1-8H3,(H,41,47). The largest absolute Gasteiger partial charge is 0.416 e. The first-order chi connectivity index (χ1) is 23.1. The van der Waals surface area contributed by atoms with Gasteiger partial charge in [-0.25, -0.2) is 0 Å². The molecule has 13 heteroatoms. The highest BCUT2D eigenvalue weighted by Crippen LogP contribution is 2.39. The monoisotopic (exact) mass is 681 g/mol.